The molecule has 0 atom stereocenters. The lowest BCUT2D eigenvalue weighted by atomic mass is 10.0. The summed E-state index contributed by atoms with van der Waals surface area (Å²) in [6.45, 7) is 0. The first-order valence-corrected chi connectivity index (χ1v) is 9.64. The van der Waals surface area contributed by atoms with Crippen LogP contribution in [0.4, 0.5) is 22.7 Å². The van der Waals surface area contributed by atoms with E-state index >= 15 is 0 Å². The third-order valence-electron chi connectivity index (χ3n) is 5.15. The lowest BCUT2D eigenvalue weighted by molar-refractivity contribution is -0.385. The van der Waals surface area contributed by atoms with Crippen LogP contribution in [0.5, 0.6) is 5.75 Å². The van der Waals surface area contributed by atoms with Gasteiger partial charge in [-0.15, -0.1) is 0 Å². The number of methoxy groups -OCH3 is 2. The predicted octanol–water partition coefficient (Wildman–Crippen LogP) is 4.30. The minimum Gasteiger partial charge on any atom is -0.490 e. The standard InChI is InChI=1S/C23H19N3O6/c1-31-21-12-15(5-8-20(21)26(29)30)14-4-6-16-18(11-14)24-19-9-13(10-22(27)32-2)3-7-17(19)25-23(16)28/h3-9,11-12,24H,10H2,1-2H3,(H,25,28). The molecule has 0 saturated carbocycles. The van der Waals surface area contributed by atoms with Crippen LogP contribution in [0.1, 0.15) is 15.9 Å². The summed E-state index contributed by atoms with van der Waals surface area (Å²) in [5.41, 5.74) is 4.26. The Bertz CT molecular complexity index is 1250. The number of nitro groups is 1. The lowest BCUT2D eigenvalue weighted by Crippen LogP contribution is -2.10. The highest BCUT2D eigenvalue weighted by Crippen LogP contribution is 2.37. The summed E-state index contributed by atoms with van der Waals surface area (Å²) in [7, 11) is 2.70. The van der Waals surface area contributed by atoms with E-state index in [1.54, 1.807) is 48.5 Å². The number of hydrogen-bond donors (Lipinski definition) is 2. The maximum atomic E-state index is 12.7. The predicted molar refractivity (Wildman–Crippen MR) is 118 cm³/mol. The Morgan fingerprint density at radius 2 is 1.69 bits per heavy atom. The number of benzene rings is 3. The molecular weight excluding hydrogens is 414 g/mol. The van der Waals surface area contributed by atoms with E-state index in [2.05, 4.69) is 10.6 Å². The van der Waals surface area contributed by atoms with E-state index in [1.165, 1.54) is 20.3 Å². The van der Waals surface area contributed by atoms with Crippen LogP contribution in [0.15, 0.2) is 54.6 Å². The summed E-state index contributed by atoms with van der Waals surface area (Å²) in [6, 6.07) is 15.1. The number of ether oxygens (including phenoxy) is 2. The fourth-order valence-corrected chi connectivity index (χ4v) is 3.52. The second-order valence-electron chi connectivity index (χ2n) is 7.12. The second kappa shape index (κ2) is 8.38. The molecule has 9 nitrogen and oxygen atoms in total. The molecule has 0 aliphatic carbocycles. The number of carbonyl (C=O) groups is 2. The average molecular weight is 433 g/mol. The van der Waals surface area contributed by atoms with Gasteiger partial charge in [0, 0.05) is 6.07 Å². The third kappa shape index (κ3) is 3.95. The van der Waals surface area contributed by atoms with Gasteiger partial charge in [-0.3, -0.25) is 19.7 Å². The number of fused-ring (bicyclic) bond motifs is 2. The zero-order chi connectivity index (χ0) is 22.8. The van der Waals surface area contributed by atoms with Crippen molar-refractivity contribution in [2.45, 2.75) is 6.42 Å². The maximum absolute atomic E-state index is 12.7. The molecule has 0 saturated heterocycles. The second-order valence-corrected chi connectivity index (χ2v) is 7.12. The number of anilines is 3. The lowest BCUT2D eigenvalue weighted by Gasteiger charge is -2.12. The molecule has 1 aliphatic rings. The Morgan fingerprint density at radius 3 is 2.41 bits per heavy atom. The Balaban J connectivity index is 1.73. The van der Waals surface area contributed by atoms with Gasteiger partial charge in [0.1, 0.15) is 0 Å². The molecule has 9 heteroatoms. The van der Waals surface area contributed by atoms with Gasteiger partial charge >= 0.3 is 11.7 Å². The molecule has 0 spiro atoms. The zero-order valence-electron chi connectivity index (χ0n) is 17.3. The van der Waals surface area contributed by atoms with Gasteiger partial charge in [-0.2, -0.15) is 0 Å². The first-order valence-electron chi connectivity index (χ1n) is 9.64. The minimum absolute atomic E-state index is 0.106. The number of nitrogens with one attached hydrogen (secondary N) is 2. The Hall–Kier alpha value is -4.40. The number of amides is 1. The van der Waals surface area contributed by atoms with Gasteiger partial charge in [0.05, 0.1) is 48.2 Å². The topological polar surface area (TPSA) is 120 Å². The molecule has 0 bridgehead atoms. The van der Waals surface area contributed by atoms with E-state index in [0.29, 0.717) is 28.2 Å². The van der Waals surface area contributed by atoms with Crippen molar-refractivity contribution in [3.8, 4) is 16.9 Å². The first-order chi connectivity index (χ1) is 15.4. The van der Waals surface area contributed by atoms with Gasteiger partial charge in [0.25, 0.3) is 5.91 Å². The number of carbonyl (C=O) groups excluding carboxylic acids is 2. The van der Waals surface area contributed by atoms with E-state index in [1.807, 2.05) is 0 Å². The summed E-state index contributed by atoms with van der Waals surface area (Å²) >= 11 is 0. The molecule has 3 aromatic carbocycles. The first kappa shape index (κ1) is 20.9. The highest BCUT2D eigenvalue weighted by molar-refractivity contribution is 6.12. The van der Waals surface area contributed by atoms with Crippen molar-refractivity contribution < 1.29 is 24.0 Å². The fraction of sp³-hybridized carbons (Fsp3) is 0.130. The Labute approximate surface area is 183 Å². The third-order valence-corrected chi connectivity index (χ3v) is 5.15. The van der Waals surface area contributed by atoms with E-state index in [9.17, 15) is 19.7 Å². The molecule has 0 radical (unpaired) electrons. The normalized spacial score (nSPS) is 11.9. The number of nitrogens with zero attached hydrogens (tertiary/aromatic N) is 1. The molecule has 1 amide bonds. The van der Waals surface area contributed by atoms with Gasteiger partial charge in [-0.25, -0.2) is 0 Å². The van der Waals surface area contributed by atoms with E-state index in [-0.39, 0.29) is 29.7 Å². The molecule has 3 aromatic rings. The molecule has 162 valence electrons. The molecule has 1 aliphatic heterocycles. The molecule has 0 aromatic heterocycles. The minimum atomic E-state index is -0.506. The quantitative estimate of drug-likeness (QED) is 0.350. The molecule has 32 heavy (non-hydrogen) atoms. The summed E-state index contributed by atoms with van der Waals surface area (Å²) in [4.78, 5) is 35.0. The van der Waals surface area contributed by atoms with Crippen LogP contribution in [-0.4, -0.2) is 31.0 Å². The van der Waals surface area contributed by atoms with Crippen LogP contribution in [0.3, 0.4) is 0 Å². The Kier molecular flexibility index (Phi) is 5.46. The van der Waals surface area contributed by atoms with Crippen molar-refractivity contribution in [1.82, 2.24) is 0 Å². The smallest absolute Gasteiger partial charge is 0.310 e. The summed E-state index contributed by atoms with van der Waals surface area (Å²) in [6.07, 6.45) is 0.106. The molecular formula is C23H19N3O6. The van der Waals surface area contributed by atoms with Crippen molar-refractivity contribution in [2.24, 2.45) is 0 Å². The van der Waals surface area contributed by atoms with Crippen LogP contribution in [0.2, 0.25) is 0 Å². The van der Waals surface area contributed by atoms with Crippen molar-refractivity contribution in [1.29, 1.82) is 0 Å². The number of hydrogen-bond acceptors (Lipinski definition) is 7. The van der Waals surface area contributed by atoms with E-state index in [0.717, 1.165) is 11.1 Å². The summed E-state index contributed by atoms with van der Waals surface area (Å²) in [5, 5.41) is 17.3. The monoisotopic (exact) mass is 433 g/mol. The number of esters is 1. The van der Waals surface area contributed by atoms with Crippen LogP contribution in [-0.2, 0) is 16.0 Å². The fourth-order valence-electron chi connectivity index (χ4n) is 3.52. The maximum Gasteiger partial charge on any atom is 0.310 e. The van der Waals surface area contributed by atoms with Crippen molar-refractivity contribution >= 4 is 34.6 Å². The van der Waals surface area contributed by atoms with E-state index in [4.69, 9.17) is 9.47 Å². The summed E-state index contributed by atoms with van der Waals surface area (Å²) in [5.74, 6) is -0.497. The van der Waals surface area contributed by atoms with Gasteiger partial charge in [0.2, 0.25) is 0 Å². The molecule has 0 fully saturated rings. The highest BCUT2D eigenvalue weighted by atomic mass is 16.6. The highest BCUT2D eigenvalue weighted by Gasteiger charge is 2.21. The van der Waals surface area contributed by atoms with Crippen molar-refractivity contribution in [2.75, 3.05) is 24.9 Å². The van der Waals surface area contributed by atoms with Gasteiger partial charge < -0.3 is 20.1 Å². The largest absolute Gasteiger partial charge is 0.490 e. The van der Waals surface area contributed by atoms with Crippen LogP contribution < -0.4 is 15.4 Å². The number of nitro benzene ring substituents is 1. The van der Waals surface area contributed by atoms with Crippen LogP contribution in [0, 0.1) is 10.1 Å². The Morgan fingerprint density at radius 1 is 0.938 bits per heavy atom. The van der Waals surface area contributed by atoms with Crippen molar-refractivity contribution in [3.05, 3.63) is 75.8 Å². The van der Waals surface area contributed by atoms with Gasteiger partial charge in [-0.1, -0.05) is 12.1 Å². The van der Waals surface area contributed by atoms with Gasteiger partial charge in [-0.05, 0) is 53.1 Å². The van der Waals surface area contributed by atoms with E-state index < -0.39 is 4.92 Å². The van der Waals surface area contributed by atoms with Crippen LogP contribution >= 0.6 is 0 Å². The molecule has 2 N–H and O–H groups in total. The SMILES string of the molecule is COC(=O)Cc1ccc2c(c1)Nc1cc(-c3ccc([N+](=O)[O-])c(OC)c3)ccc1C(=O)N2. The van der Waals surface area contributed by atoms with Gasteiger partial charge in [0.15, 0.2) is 5.75 Å². The average Bonchev–Trinajstić information content (AvgIpc) is 2.93. The summed E-state index contributed by atoms with van der Waals surface area (Å²) < 4.78 is 9.88. The number of rotatable bonds is 5. The molecule has 1 heterocycles. The molecule has 0 unspecified atom stereocenters. The van der Waals surface area contributed by atoms with Crippen molar-refractivity contribution in [3.63, 3.8) is 0 Å². The zero-order valence-corrected chi connectivity index (χ0v) is 17.3. The van der Waals surface area contributed by atoms with Crippen LogP contribution in [0.25, 0.3) is 11.1 Å². The molecule has 4 rings (SSSR count).